The molecule has 0 heterocycles. The minimum Gasteiger partial charge on any atom is -0.489 e. The maximum atomic E-state index is 5.80. The van der Waals surface area contributed by atoms with Gasteiger partial charge in [-0.05, 0) is 24.0 Å². The van der Waals surface area contributed by atoms with Crippen LogP contribution in [0.2, 0.25) is 0 Å². The number of para-hydroxylation sites is 1. The summed E-state index contributed by atoms with van der Waals surface area (Å²) in [5, 5.41) is 0. The standard InChI is InChI=1S/C13H21NO/c1-10(9-14)15-12-8-6-5-7-11(12)13(2,3)4/h5-8,10H,9,14H2,1-4H3. The zero-order valence-corrected chi connectivity index (χ0v) is 10.1. The van der Waals surface area contributed by atoms with E-state index in [9.17, 15) is 0 Å². The molecule has 1 aromatic rings. The van der Waals surface area contributed by atoms with E-state index in [-0.39, 0.29) is 11.5 Å². The second-order valence-electron chi connectivity index (χ2n) is 4.91. The predicted molar refractivity (Wildman–Crippen MR) is 64.3 cm³/mol. The molecule has 0 saturated carbocycles. The van der Waals surface area contributed by atoms with Crippen molar-refractivity contribution in [1.29, 1.82) is 0 Å². The molecule has 0 saturated heterocycles. The van der Waals surface area contributed by atoms with Crippen molar-refractivity contribution in [2.24, 2.45) is 5.73 Å². The van der Waals surface area contributed by atoms with Crippen LogP contribution < -0.4 is 10.5 Å². The molecule has 0 amide bonds. The minimum absolute atomic E-state index is 0.0634. The van der Waals surface area contributed by atoms with Gasteiger partial charge in [0, 0.05) is 6.54 Å². The highest BCUT2D eigenvalue weighted by molar-refractivity contribution is 5.38. The number of hydrogen-bond donors (Lipinski definition) is 1. The molecule has 2 nitrogen and oxygen atoms in total. The number of nitrogens with two attached hydrogens (primary N) is 1. The fraction of sp³-hybridized carbons (Fsp3) is 0.538. The van der Waals surface area contributed by atoms with Gasteiger partial charge in [0.15, 0.2) is 0 Å². The summed E-state index contributed by atoms with van der Waals surface area (Å²) in [7, 11) is 0. The lowest BCUT2D eigenvalue weighted by Gasteiger charge is -2.24. The first-order chi connectivity index (χ1) is 6.95. The van der Waals surface area contributed by atoms with E-state index in [2.05, 4.69) is 26.8 Å². The second-order valence-corrected chi connectivity index (χ2v) is 4.91. The number of rotatable bonds is 3. The molecule has 2 heteroatoms. The highest BCUT2D eigenvalue weighted by Gasteiger charge is 2.19. The fourth-order valence-corrected chi connectivity index (χ4v) is 1.45. The summed E-state index contributed by atoms with van der Waals surface area (Å²) < 4.78 is 5.80. The van der Waals surface area contributed by atoms with Crippen LogP contribution in [0.25, 0.3) is 0 Å². The van der Waals surface area contributed by atoms with Crippen molar-refractivity contribution < 1.29 is 4.74 Å². The van der Waals surface area contributed by atoms with Crippen LogP contribution in [0.15, 0.2) is 24.3 Å². The first-order valence-corrected chi connectivity index (χ1v) is 5.41. The van der Waals surface area contributed by atoms with Gasteiger partial charge in [0.2, 0.25) is 0 Å². The fourth-order valence-electron chi connectivity index (χ4n) is 1.45. The van der Waals surface area contributed by atoms with Crippen molar-refractivity contribution in [1.82, 2.24) is 0 Å². The molecule has 0 aromatic heterocycles. The summed E-state index contributed by atoms with van der Waals surface area (Å²) in [6, 6.07) is 8.15. The monoisotopic (exact) mass is 207 g/mol. The van der Waals surface area contributed by atoms with Crippen molar-refractivity contribution in [2.45, 2.75) is 39.2 Å². The molecule has 1 aromatic carbocycles. The van der Waals surface area contributed by atoms with Crippen LogP contribution in [0.3, 0.4) is 0 Å². The third kappa shape index (κ3) is 3.24. The first kappa shape index (κ1) is 12.1. The molecule has 0 aliphatic carbocycles. The van der Waals surface area contributed by atoms with Crippen LogP contribution in [-0.4, -0.2) is 12.6 Å². The van der Waals surface area contributed by atoms with Crippen molar-refractivity contribution in [3.63, 3.8) is 0 Å². The molecule has 1 unspecified atom stereocenters. The van der Waals surface area contributed by atoms with Gasteiger partial charge in [0.25, 0.3) is 0 Å². The average Bonchev–Trinajstić information content (AvgIpc) is 2.17. The Kier molecular flexibility index (Phi) is 3.75. The topological polar surface area (TPSA) is 35.2 Å². The Morgan fingerprint density at radius 2 is 1.87 bits per heavy atom. The molecule has 2 N–H and O–H groups in total. The van der Waals surface area contributed by atoms with Gasteiger partial charge in [-0.2, -0.15) is 0 Å². The lowest BCUT2D eigenvalue weighted by molar-refractivity contribution is 0.224. The van der Waals surface area contributed by atoms with Crippen LogP contribution in [-0.2, 0) is 5.41 Å². The van der Waals surface area contributed by atoms with E-state index in [1.807, 2.05) is 25.1 Å². The molecule has 0 aliphatic rings. The number of hydrogen-bond acceptors (Lipinski definition) is 2. The molecule has 0 fully saturated rings. The molecule has 84 valence electrons. The first-order valence-electron chi connectivity index (χ1n) is 5.41. The Balaban J connectivity index is 2.97. The highest BCUT2D eigenvalue weighted by atomic mass is 16.5. The summed E-state index contributed by atoms with van der Waals surface area (Å²) in [5.41, 5.74) is 6.88. The van der Waals surface area contributed by atoms with E-state index in [4.69, 9.17) is 10.5 Å². The summed E-state index contributed by atoms with van der Waals surface area (Å²) in [5.74, 6) is 0.947. The highest BCUT2D eigenvalue weighted by Crippen LogP contribution is 2.31. The average molecular weight is 207 g/mol. The van der Waals surface area contributed by atoms with Gasteiger partial charge in [0.05, 0.1) is 0 Å². The second kappa shape index (κ2) is 4.67. The Hall–Kier alpha value is -1.02. The van der Waals surface area contributed by atoms with Gasteiger partial charge in [-0.3, -0.25) is 0 Å². The molecule has 15 heavy (non-hydrogen) atoms. The van der Waals surface area contributed by atoms with Gasteiger partial charge in [-0.1, -0.05) is 39.0 Å². The van der Waals surface area contributed by atoms with E-state index in [0.29, 0.717) is 6.54 Å². The predicted octanol–water partition coefficient (Wildman–Crippen LogP) is 2.71. The van der Waals surface area contributed by atoms with Crippen LogP contribution in [0.5, 0.6) is 5.75 Å². The molecule has 0 bridgehead atoms. The molecule has 1 rings (SSSR count). The number of benzene rings is 1. The van der Waals surface area contributed by atoms with E-state index in [0.717, 1.165) is 5.75 Å². The minimum atomic E-state index is 0.0634. The maximum Gasteiger partial charge on any atom is 0.123 e. The van der Waals surface area contributed by atoms with E-state index < -0.39 is 0 Å². The van der Waals surface area contributed by atoms with Crippen LogP contribution in [0.4, 0.5) is 0 Å². The SMILES string of the molecule is CC(CN)Oc1ccccc1C(C)(C)C. The van der Waals surface area contributed by atoms with Gasteiger partial charge in [0.1, 0.15) is 11.9 Å². The molecular weight excluding hydrogens is 186 g/mol. The molecule has 0 aliphatic heterocycles. The van der Waals surface area contributed by atoms with Gasteiger partial charge in [-0.25, -0.2) is 0 Å². The zero-order valence-electron chi connectivity index (χ0n) is 10.1. The third-order valence-electron chi connectivity index (χ3n) is 2.36. The lowest BCUT2D eigenvalue weighted by Crippen LogP contribution is -2.24. The third-order valence-corrected chi connectivity index (χ3v) is 2.36. The van der Waals surface area contributed by atoms with E-state index >= 15 is 0 Å². The molecule has 0 spiro atoms. The van der Waals surface area contributed by atoms with Gasteiger partial charge < -0.3 is 10.5 Å². The Bertz CT molecular complexity index is 315. The van der Waals surface area contributed by atoms with Crippen molar-refractivity contribution in [3.8, 4) is 5.75 Å². The Morgan fingerprint density at radius 3 is 2.40 bits per heavy atom. The van der Waals surface area contributed by atoms with Crippen molar-refractivity contribution >= 4 is 0 Å². The summed E-state index contributed by atoms with van der Waals surface area (Å²) in [6.07, 6.45) is 0.0634. The quantitative estimate of drug-likeness (QED) is 0.827. The van der Waals surface area contributed by atoms with Gasteiger partial charge >= 0.3 is 0 Å². The largest absolute Gasteiger partial charge is 0.489 e. The summed E-state index contributed by atoms with van der Waals surface area (Å²) in [6.45, 7) is 9.07. The van der Waals surface area contributed by atoms with Crippen LogP contribution in [0, 0.1) is 0 Å². The normalized spacial score (nSPS) is 13.7. The maximum absolute atomic E-state index is 5.80. The van der Waals surface area contributed by atoms with Crippen molar-refractivity contribution in [3.05, 3.63) is 29.8 Å². The Morgan fingerprint density at radius 1 is 1.27 bits per heavy atom. The molecule has 1 atom stereocenters. The zero-order chi connectivity index (χ0) is 11.5. The molecular formula is C13H21NO. The summed E-state index contributed by atoms with van der Waals surface area (Å²) >= 11 is 0. The lowest BCUT2D eigenvalue weighted by atomic mass is 9.86. The number of ether oxygens (including phenoxy) is 1. The van der Waals surface area contributed by atoms with E-state index in [1.54, 1.807) is 0 Å². The van der Waals surface area contributed by atoms with Crippen LogP contribution in [0.1, 0.15) is 33.3 Å². The Labute approximate surface area is 92.4 Å². The smallest absolute Gasteiger partial charge is 0.123 e. The van der Waals surface area contributed by atoms with Gasteiger partial charge in [-0.15, -0.1) is 0 Å². The van der Waals surface area contributed by atoms with Crippen LogP contribution >= 0.6 is 0 Å². The van der Waals surface area contributed by atoms with E-state index in [1.165, 1.54) is 5.56 Å². The molecule has 0 radical (unpaired) electrons. The van der Waals surface area contributed by atoms with Crippen molar-refractivity contribution in [2.75, 3.05) is 6.54 Å². The summed E-state index contributed by atoms with van der Waals surface area (Å²) in [4.78, 5) is 0.